The zero-order valence-electron chi connectivity index (χ0n) is 9.33. The Hall–Kier alpha value is -1.34. The number of nitrogens with two attached hydrogens (primary N) is 1. The van der Waals surface area contributed by atoms with E-state index in [9.17, 15) is 9.59 Å². The summed E-state index contributed by atoms with van der Waals surface area (Å²) in [5.74, 6) is -1.09. The Morgan fingerprint density at radius 2 is 2.12 bits per heavy atom. The average molecular weight is 244 g/mol. The Labute approximate surface area is 98.1 Å². The first-order chi connectivity index (χ1) is 8.02. The molecule has 1 aliphatic heterocycles. The maximum absolute atomic E-state index is 11.0. The molecule has 3 atom stereocenters. The maximum atomic E-state index is 11.0. The van der Waals surface area contributed by atoms with Crippen molar-refractivity contribution in [2.45, 2.75) is 24.9 Å². The second kappa shape index (κ2) is 4.15. The van der Waals surface area contributed by atoms with Gasteiger partial charge in [0.1, 0.15) is 6.04 Å². The van der Waals surface area contributed by atoms with E-state index in [0.717, 1.165) is 4.90 Å². The molecule has 0 aromatic carbocycles. The Morgan fingerprint density at radius 3 is 2.59 bits per heavy atom. The van der Waals surface area contributed by atoms with E-state index in [0.29, 0.717) is 32.6 Å². The minimum Gasteiger partial charge on any atom is -0.480 e. The molecule has 0 radical (unpaired) electrons. The lowest BCUT2D eigenvalue weighted by Gasteiger charge is -2.20. The van der Waals surface area contributed by atoms with Gasteiger partial charge < -0.3 is 20.7 Å². The summed E-state index contributed by atoms with van der Waals surface area (Å²) in [6.07, 6.45) is -0.141. The van der Waals surface area contributed by atoms with Gasteiger partial charge in [-0.25, -0.2) is 9.59 Å². The normalized spacial score (nSPS) is 34.5. The molecule has 7 heteroatoms. The van der Waals surface area contributed by atoms with Gasteiger partial charge in [-0.2, -0.15) is 0 Å². The van der Waals surface area contributed by atoms with Crippen LogP contribution in [0.15, 0.2) is 0 Å². The van der Waals surface area contributed by atoms with Crippen LogP contribution in [-0.2, 0) is 9.53 Å². The highest BCUT2D eigenvalue weighted by atomic mass is 16.5. The van der Waals surface area contributed by atoms with Gasteiger partial charge >= 0.3 is 12.1 Å². The zero-order valence-corrected chi connectivity index (χ0v) is 9.33. The Kier molecular flexibility index (Phi) is 2.96. The Morgan fingerprint density at radius 1 is 1.41 bits per heavy atom. The molecule has 96 valence electrons. The number of hydrogen-bond donors (Lipinski definition) is 3. The number of aliphatic carboxylic acids is 1. The summed E-state index contributed by atoms with van der Waals surface area (Å²) in [4.78, 5) is 23.1. The predicted molar refractivity (Wildman–Crippen MR) is 56.6 cm³/mol. The number of carboxylic acid groups (broad SMARTS) is 2. The van der Waals surface area contributed by atoms with Crippen LogP contribution in [0.5, 0.6) is 0 Å². The van der Waals surface area contributed by atoms with Gasteiger partial charge in [0.25, 0.3) is 0 Å². The molecule has 1 saturated carbocycles. The summed E-state index contributed by atoms with van der Waals surface area (Å²) < 4.78 is 5.33. The van der Waals surface area contributed by atoms with Crippen LogP contribution in [0.25, 0.3) is 0 Å². The molecular weight excluding hydrogens is 228 g/mol. The van der Waals surface area contributed by atoms with Crippen molar-refractivity contribution >= 4 is 12.1 Å². The van der Waals surface area contributed by atoms with Crippen molar-refractivity contribution in [3.05, 3.63) is 0 Å². The van der Waals surface area contributed by atoms with Gasteiger partial charge in [0.05, 0.1) is 13.2 Å². The number of ether oxygens (including phenoxy) is 1. The second-order valence-corrected chi connectivity index (χ2v) is 4.67. The highest BCUT2D eigenvalue weighted by Crippen LogP contribution is 2.59. The van der Waals surface area contributed by atoms with E-state index in [1.165, 1.54) is 0 Å². The molecule has 1 amide bonds. The highest BCUT2D eigenvalue weighted by Gasteiger charge is 2.67. The molecule has 2 rings (SSSR count). The summed E-state index contributed by atoms with van der Waals surface area (Å²) in [7, 11) is 0. The number of hydrogen-bond acceptors (Lipinski definition) is 4. The first-order valence-electron chi connectivity index (χ1n) is 5.54. The number of fused-ring (bicyclic) bond motifs is 1. The minimum atomic E-state index is -1.17. The van der Waals surface area contributed by atoms with E-state index in [-0.39, 0.29) is 11.5 Å². The van der Waals surface area contributed by atoms with Gasteiger partial charge in [0, 0.05) is 18.0 Å². The lowest BCUT2D eigenvalue weighted by Crippen LogP contribution is -2.42. The van der Waals surface area contributed by atoms with E-state index in [2.05, 4.69) is 0 Å². The average Bonchev–Trinajstić information content (AvgIpc) is 2.83. The van der Waals surface area contributed by atoms with Crippen molar-refractivity contribution in [1.82, 2.24) is 4.90 Å². The van der Waals surface area contributed by atoms with E-state index < -0.39 is 18.1 Å². The summed E-state index contributed by atoms with van der Waals surface area (Å²) in [5.41, 5.74) is 5.00. The van der Waals surface area contributed by atoms with Crippen molar-refractivity contribution in [2.75, 3.05) is 19.8 Å². The summed E-state index contributed by atoms with van der Waals surface area (Å²) in [5, 5.41) is 18.0. The maximum Gasteiger partial charge on any atom is 0.408 e. The Bertz CT molecular complexity index is 348. The van der Waals surface area contributed by atoms with Crippen LogP contribution in [0.4, 0.5) is 4.79 Å². The van der Waals surface area contributed by atoms with E-state index in [1.54, 1.807) is 0 Å². The molecule has 2 aliphatic rings. The molecule has 0 unspecified atom stereocenters. The number of nitrogens with zero attached hydrogens (tertiary/aromatic N) is 1. The van der Waals surface area contributed by atoms with E-state index in [1.807, 2.05) is 0 Å². The van der Waals surface area contributed by atoms with Crippen molar-refractivity contribution < 1.29 is 24.5 Å². The van der Waals surface area contributed by atoms with Crippen molar-refractivity contribution in [3.8, 4) is 0 Å². The fourth-order valence-electron chi connectivity index (χ4n) is 2.69. The molecule has 2 fully saturated rings. The molecule has 0 aromatic rings. The molecule has 4 N–H and O–H groups in total. The fourth-order valence-corrected chi connectivity index (χ4v) is 2.69. The molecule has 17 heavy (non-hydrogen) atoms. The number of likely N-dealkylation sites (tertiary alicyclic amines) is 1. The molecule has 0 spiro atoms. The third kappa shape index (κ3) is 1.96. The van der Waals surface area contributed by atoms with E-state index >= 15 is 0 Å². The fraction of sp³-hybridized carbons (Fsp3) is 0.800. The second-order valence-electron chi connectivity index (χ2n) is 4.67. The lowest BCUT2D eigenvalue weighted by atomic mass is 10.0. The molecule has 7 nitrogen and oxygen atoms in total. The quantitative estimate of drug-likeness (QED) is 0.565. The monoisotopic (exact) mass is 244 g/mol. The number of piperidine rings is 1. The van der Waals surface area contributed by atoms with Gasteiger partial charge in [0.2, 0.25) is 0 Å². The van der Waals surface area contributed by atoms with Crippen LogP contribution in [0.1, 0.15) is 12.8 Å². The standard InChI is InChI=1S/C10H16N2O5/c11-1-2-17-5-10-3-6(8(13)14)12(9(15)16)7(10)4-10/h6-7H,1-5,11H2,(H,13,14)(H,15,16)/t6-,7-,10+/m0/s1. The van der Waals surface area contributed by atoms with Crippen molar-refractivity contribution in [2.24, 2.45) is 11.1 Å². The summed E-state index contributed by atoms with van der Waals surface area (Å²) >= 11 is 0. The highest BCUT2D eigenvalue weighted by molar-refractivity contribution is 5.81. The third-order valence-electron chi connectivity index (χ3n) is 3.58. The lowest BCUT2D eigenvalue weighted by molar-refractivity contribution is -0.142. The van der Waals surface area contributed by atoms with Gasteiger partial charge in [0.15, 0.2) is 0 Å². The van der Waals surface area contributed by atoms with Gasteiger partial charge in [-0.1, -0.05) is 0 Å². The van der Waals surface area contributed by atoms with Crippen LogP contribution in [0.3, 0.4) is 0 Å². The van der Waals surface area contributed by atoms with Gasteiger partial charge in [-0.15, -0.1) is 0 Å². The predicted octanol–water partition coefficient (Wildman–Crippen LogP) is -0.443. The molecule has 0 aromatic heterocycles. The smallest absolute Gasteiger partial charge is 0.408 e. The molecule has 1 aliphatic carbocycles. The molecule has 1 heterocycles. The summed E-state index contributed by atoms with van der Waals surface area (Å²) in [6, 6.07) is -1.15. The van der Waals surface area contributed by atoms with Gasteiger partial charge in [-0.05, 0) is 12.8 Å². The third-order valence-corrected chi connectivity index (χ3v) is 3.58. The van der Waals surface area contributed by atoms with Crippen molar-refractivity contribution in [1.29, 1.82) is 0 Å². The molecular formula is C10H16N2O5. The first-order valence-corrected chi connectivity index (χ1v) is 5.54. The van der Waals surface area contributed by atoms with Crippen LogP contribution in [0.2, 0.25) is 0 Å². The topological polar surface area (TPSA) is 113 Å². The van der Waals surface area contributed by atoms with Crippen LogP contribution in [0, 0.1) is 5.41 Å². The SMILES string of the molecule is NCCOC[C@@]12C[C@@H]1N(C(=O)O)[C@H](C(=O)O)C2. The zero-order chi connectivity index (χ0) is 12.6. The van der Waals surface area contributed by atoms with E-state index in [4.69, 9.17) is 20.7 Å². The number of carboxylic acids is 1. The van der Waals surface area contributed by atoms with Gasteiger partial charge in [-0.3, -0.25) is 4.90 Å². The molecule has 1 saturated heterocycles. The van der Waals surface area contributed by atoms with Crippen molar-refractivity contribution in [3.63, 3.8) is 0 Å². The van der Waals surface area contributed by atoms with Crippen LogP contribution >= 0.6 is 0 Å². The Balaban J connectivity index is 2.02. The number of carbonyl (C=O) groups is 2. The largest absolute Gasteiger partial charge is 0.480 e. The number of amides is 1. The molecule has 0 bridgehead atoms. The minimum absolute atomic E-state index is 0.209. The first kappa shape index (κ1) is 12.1. The number of rotatable bonds is 5. The van der Waals surface area contributed by atoms with Crippen LogP contribution < -0.4 is 5.73 Å². The summed E-state index contributed by atoms with van der Waals surface area (Å²) in [6.45, 7) is 1.22. The van der Waals surface area contributed by atoms with Crippen LogP contribution in [-0.4, -0.2) is 59.0 Å².